The van der Waals surface area contributed by atoms with E-state index in [4.69, 9.17) is 5.73 Å². The molecule has 2 aromatic carbocycles. The Kier molecular flexibility index (Phi) is 4.98. The number of hydrogen-bond donors (Lipinski definition) is 2. The number of carbonyl (C=O) groups is 2. The van der Waals surface area contributed by atoms with Crippen molar-refractivity contribution in [2.75, 3.05) is 6.26 Å². The second-order valence-corrected chi connectivity index (χ2v) is 9.64. The van der Waals surface area contributed by atoms with Crippen LogP contribution in [0.25, 0.3) is 33.1 Å². The van der Waals surface area contributed by atoms with Crippen LogP contribution in [0, 0.1) is 11.6 Å². The van der Waals surface area contributed by atoms with Crippen LogP contribution in [0.5, 0.6) is 0 Å². The van der Waals surface area contributed by atoms with Crippen LogP contribution >= 0.6 is 0 Å². The topological polar surface area (TPSA) is 141 Å². The molecule has 0 aliphatic rings. The van der Waals surface area contributed by atoms with Gasteiger partial charge >= 0.3 is 0 Å². The third-order valence-electron chi connectivity index (χ3n) is 5.54. The fourth-order valence-electron chi connectivity index (χ4n) is 3.89. The van der Waals surface area contributed by atoms with Crippen LogP contribution < -0.4 is 5.73 Å². The summed E-state index contributed by atoms with van der Waals surface area (Å²) in [7, 11) is -3.58. The van der Waals surface area contributed by atoms with Crippen LogP contribution in [0.3, 0.4) is 0 Å². The molecular weight excluding hydrogens is 480 g/mol. The number of nitrogens with zero attached hydrogens (tertiary/aromatic N) is 3. The van der Waals surface area contributed by atoms with E-state index in [-0.39, 0.29) is 5.56 Å². The maximum atomic E-state index is 14.8. The summed E-state index contributed by atoms with van der Waals surface area (Å²) in [6.45, 7) is 0. The van der Waals surface area contributed by atoms with Crippen LogP contribution in [0.4, 0.5) is 8.78 Å². The molecule has 5 aromatic rings. The minimum Gasteiger partial charge on any atom is -0.366 e. The quantitative estimate of drug-likeness (QED) is 0.359. The number of rotatable bonds is 5. The third-order valence-corrected chi connectivity index (χ3v) is 6.46. The molecular formula is C23H15F2N5O4S. The Morgan fingerprint density at radius 3 is 2.51 bits per heavy atom. The van der Waals surface area contributed by atoms with E-state index >= 15 is 0 Å². The third kappa shape index (κ3) is 3.64. The van der Waals surface area contributed by atoms with Crippen molar-refractivity contribution in [2.45, 2.75) is 0 Å². The lowest BCUT2D eigenvalue weighted by Gasteiger charge is -2.07. The van der Waals surface area contributed by atoms with Gasteiger partial charge in [0.2, 0.25) is 5.78 Å². The second kappa shape index (κ2) is 7.81. The van der Waals surface area contributed by atoms with Crippen LogP contribution in [0.1, 0.15) is 26.3 Å². The van der Waals surface area contributed by atoms with Crippen LogP contribution in [0.15, 0.2) is 55.0 Å². The highest BCUT2D eigenvalue weighted by molar-refractivity contribution is 7.89. The van der Waals surface area contributed by atoms with Gasteiger partial charge in [-0.05, 0) is 35.9 Å². The van der Waals surface area contributed by atoms with E-state index in [0.29, 0.717) is 33.1 Å². The first-order valence-corrected chi connectivity index (χ1v) is 11.9. The molecule has 5 rings (SSSR count). The van der Waals surface area contributed by atoms with Crippen molar-refractivity contribution in [3.8, 4) is 11.1 Å². The van der Waals surface area contributed by atoms with Gasteiger partial charge in [-0.2, -0.15) is 9.19 Å². The van der Waals surface area contributed by atoms with Gasteiger partial charge in [0.1, 0.15) is 17.3 Å². The van der Waals surface area contributed by atoms with Gasteiger partial charge in [-0.15, -0.1) is 0 Å². The molecule has 0 saturated carbocycles. The highest BCUT2D eigenvalue weighted by Crippen LogP contribution is 2.30. The highest BCUT2D eigenvalue weighted by Gasteiger charge is 2.26. The summed E-state index contributed by atoms with van der Waals surface area (Å²) in [6.07, 6.45) is 5.26. The average molecular weight is 495 g/mol. The van der Waals surface area contributed by atoms with Gasteiger partial charge in [-0.3, -0.25) is 9.59 Å². The molecule has 0 saturated heterocycles. The molecule has 0 aliphatic heterocycles. The number of amides is 1. The Bertz CT molecular complexity index is 1810. The second-order valence-electron chi connectivity index (χ2n) is 7.82. The predicted molar refractivity (Wildman–Crippen MR) is 123 cm³/mol. The first-order valence-electron chi connectivity index (χ1n) is 10.0. The summed E-state index contributed by atoms with van der Waals surface area (Å²) < 4.78 is 53.9. The number of hydrogen-bond acceptors (Lipinski definition) is 6. The fraction of sp³-hybridized carbons (Fsp3) is 0.0435. The molecule has 0 fully saturated rings. The van der Waals surface area contributed by atoms with Crippen molar-refractivity contribution >= 4 is 43.7 Å². The number of H-pyrrole nitrogens is 1. The zero-order valence-electron chi connectivity index (χ0n) is 17.9. The van der Waals surface area contributed by atoms with Gasteiger partial charge < -0.3 is 10.7 Å². The van der Waals surface area contributed by atoms with Crippen LogP contribution in [-0.2, 0) is 10.0 Å². The molecule has 3 N–H and O–H groups in total. The van der Waals surface area contributed by atoms with Gasteiger partial charge in [0.25, 0.3) is 15.9 Å². The molecule has 35 heavy (non-hydrogen) atoms. The number of pyridine rings is 1. The number of aromatic nitrogens is 4. The molecule has 0 unspecified atom stereocenters. The monoisotopic (exact) mass is 495 g/mol. The van der Waals surface area contributed by atoms with Gasteiger partial charge in [0, 0.05) is 34.3 Å². The summed E-state index contributed by atoms with van der Waals surface area (Å²) >= 11 is 0. The highest BCUT2D eigenvalue weighted by atomic mass is 32.2. The number of carbonyl (C=O) groups excluding carboxylic acids is 2. The summed E-state index contributed by atoms with van der Waals surface area (Å²) in [4.78, 5) is 31.6. The Morgan fingerprint density at radius 1 is 1.03 bits per heavy atom. The predicted octanol–water partition coefficient (Wildman–Crippen LogP) is 3.00. The summed E-state index contributed by atoms with van der Waals surface area (Å²) in [6, 6.07) is 8.25. The first-order chi connectivity index (χ1) is 16.6. The van der Waals surface area contributed by atoms with Crippen molar-refractivity contribution in [1.29, 1.82) is 0 Å². The number of fused-ring (bicyclic) bond motifs is 2. The van der Waals surface area contributed by atoms with Crippen LogP contribution in [-0.4, -0.2) is 45.5 Å². The van der Waals surface area contributed by atoms with E-state index in [2.05, 4.69) is 15.1 Å². The Hall–Kier alpha value is -4.45. The van der Waals surface area contributed by atoms with Gasteiger partial charge in [0.15, 0.2) is 0 Å². The number of nitrogens with one attached hydrogen (secondary N) is 1. The van der Waals surface area contributed by atoms with E-state index in [1.807, 2.05) is 0 Å². The van der Waals surface area contributed by atoms with Crippen molar-refractivity contribution in [3.05, 3.63) is 83.3 Å². The minimum absolute atomic E-state index is 0.0558. The molecule has 1 amide bonds. The number of aromatic amines is 1. The smallest absolute Gasteiger partial charge is 0.251 e. The lowest BCUT2D eigenvalue weighted by molar-refractivity contribution is 0.0996. The Morgan fingerprint density at radius 2 is 1.80 bits per heavy atom. The van der Waals surface area contributed by atoms with Crippen molar-refractivity contribution in [3.63, 3.8) is 0 Å². The zero-order valence-corrected chi connectivity index (χ0v) is 18.7. The van der Waals surface area contributed by atoms with Crippen molar-refractivity contribution in [1.82, 2.24) is 19.2 Å². The van der Waals surface area contributed by atoms with Gasteiger partial charge in [-0.25, -0.2) is 22.2 Å². The summed E-state index contributed by atoms with van der Waals surface area (Å²) in [5.74, 6) is -4.59. The largest absolute Gasteiger partial charge is 0.366 e. The molecule has 3 aromatic heterocycles. The van der Waals surface area contributed by atoms with Crippen molar-refractivity contribution < 1.29 is 26.8 Å². The number of halogens is 2. The van der Waals surface area contributed by atoms with E-state index in [1.165, 1.54) is 18.6 Å². The van der Waals surface area contributed by atoms with E-state index in [9.17, 15) is 26.8 Å². The zero-order chi connectivity index (χ0) is 25.1. The van der Waals surface area contributed by atoms with Crippen molar-refractivity contribution in [2.24, 2.45) is 5.73 Å². The Balaban J connectivity index is 1.62. The molecule has 0 atom stereocenters. The molecule has 12 heteroatoms. The molecule has 3 heterocycles. The average Bonchev–Trinajstić information content (AvgIpc) is 3.42. The SMILES string of the molecule is CS(=O)(=O)n1ncc2cc(-c3cnc4[nH]cc(C(=O)c5c(F)ccc(C(N)=O)c5F)c4c3)ccc21. The fourth-order valence-corrected chi connectivity index (χ4v) is 4.63. The standard InChI is InChI=1S/C23H15F2N5O4S/c1-35(33,34)30-18-5-2-11(6-13(18)9-29-30)12-7-15-16(10-28-23(15)27-8-12)21(31)19-17(24)4-3-14(20(19)25)22(26)32/h2-10H,1H3,(H2,26,32)(H,27,28). The van der Waals surface area contributed by atoms with E-state index in [0.717, 1.165) is 22.5 Å². The van der Waals surface area contributed by atoms with Gasteiger partial charge in [-0.1, -0.05) is 6.07 Å². The number of primary amides is 1. The molecule has 0 aliphatic carbocycles. The lowest BCUT2D eigenvalue weighted by atomic mass is 9.98. The number of ketones is 1. The lowest BCUT2D eigenvalue weighted by Crippen LogP contribution is -2.17. The summed E-state index contributed by atoms with van der Waals surface area (Å²) in [5.41, 5.74) is 5.47. The molecule has 0 spiro atoms. The van der Waals surface area contributed by atoms with Gasteiger partial charge in [0.05, 0.1) is 29.1 Å². The Labute approximate surface area is 196 Å². The van der Waals surface area contributed by atoms with Crippen LogP contribution in [0.2, 0.25) is 0 Å². The normalized spacial score (nSPS) is 11.9. The molecule has 0 bridgehead atoms. The minimum atomic E-state index is -3.58. The maximum Gasteiger partial charge on any atom is 0.251 e. The first kappa shape index (κ1) is 22.3. The molecule has 176 valence electrons. The molecule has 0 radical (unpaired) electrons. The van der Waals surface area contributed by atoms with E-state index in [1.54, 1.807) is 24.3 Å². The molecule has 9 nitrogen and oxygen atoms in total. The van der Waals surface area contributed by atoms with E-state index < -0.39 is 44.5 Å². The summed E-state index contributed by atoms with van der Waals surface area (Å²) in [5, 5.41) is 4.76. The number of nitrogens with two attached hydrogens (primary N) is 1. The number of benzene rings is 2. The maximum absolute atomic E-state index is 14.8.